The zero-order chi connectivity index (χ0) is 9.23. The summed E-state index contributed by atoms with van der Waals surface area (Å²) in [6.07, 6.45) is 5.07. The van der Waals surface area contributed by atoms with Crippen LogP contribution in [0.5, 0.6) is 0 Å². The second kappa shape index (κ2) is 8.08. The molecule has 0 heterocycles. The minimum atomic E-state index is 0.555. The molecule has 0 fully saturated rings. The lowest BCUT2D eigenvalue weighted by Crippen LogP contribution is -2.02. The summed E-state index contributed by atoms with van der Waals surface area (Å²) < 4.78 is 10.4. The molecule has 68 valence electrons. The van der Waals surface area contributed by atoms with Gasteiger partial charge in [0.1, 0.15) is 12.4 Å². The summed E-state index contributed by atoms with van der Waals surface area (Å²) in [5, 5.41) is 0. The van der Waals surface area contributed by atoms with E-state index in [1.165, 1.54) is 0 Å². The standard InChI is InChI=1S/C10H16O2/c1-4-7-10(5-2)12-9-8-11-6-3/h4-5,7H,1-2,6,8-9H2,3H3/b10-7+. The SMILES string of the molecule is C=C/C=C(\C=C)OCCOCC. The van der Waals surface area contributed by atoms with Crippen molar-refractivity contribution < 1.29 is 9.47 Å². The number of hydrogen-bond acceptors (Lipinski definition) is 2. The summed E-state index contributed by atoms with van der Waals surface area (Å²) in [5.41, 5.74) is 0. The highest BCUT2D eigenvalue weighted by atomic mass is 16.5. The van der Waals surface area contributed by atoms with E-state index in [9.17, 15) is 0 Å². The highest BCUT2D eigenvalue weighted by molar-refractivity contribution is 5.14. The van der Waals surface area contributed by atoms with Crippen molar-refractivity contribution in [3.63, 3.8) is 0 Å². The highest BCUT2D eigenvalue weighted by Gasteiger charge is 1.89. The maximum atomic E-state index is 5.28. The summed E-state index contributed by atoms with van der Waals surface area (Å²) >= 11 is 0. The number of hydrogen-bond donors (Lipinski definition) is 0. The molecule has 0 spiro atoms. The van der Waals surface area contributed by atoms with Crippen LogP contribution >= 0.6 is 0 Å². The van der Waals surface area contributed by atoms with Crippen LogP contribution < -0.4 is 0 Å². The first-order chi connectivity index (χ1) is 5.85. The van der Waals surface area contributed by atoms with E-state index in [4.69, 9.17) is 9.47 Å². The average Bonchev–Trinajstić information content (AvgIpc) is 2.10. The molecule has 12 heavy (non-hydrogen) atoms. The highest BCUT2D eigenvalue weighted by Crippen LogP contribution is 1.97. The lowest BCUT2D eigenvalue weighted by molar-refractivity contribution is 0.0866. The second-order valence-corrected chi connectivity index (χ2v) is 2.05. The number of rotatable bonds is 7. The molecule has 0 rings (SSSR count). The lowest BCUT2D eigenvalue weighted by Gasteiger charge is -2.05. The van der Waals surface area contributed by atoms with Crippen LogP contribution in [0.25, 0.3) is 0 Å². The molecule has 0 unspecified atom stereocenters. The Labute approximate surface area is 74.2 Å². The van der Waals surface area contributed by atoms with E-state index in [1.54, 1.807) is 18.2 Å². The molecule has 0 radical (unpaired) electrons. The molecule has 0 N–H and O–H groups in total. The van der Waals surface area contributed by atoms with Gasteiger partial charge in [-0.3, -0.25) is 0 Å². The van der Waals surface area contributed by atoms with Gasteiger partial charge in [0, 0.05) is 6.61 Å². The third-order valence-corrected chi connectivity index (χ3v) is 1.18. The summed E-state index contributed by atoms with van der Waals surface area (Å²) in [7, 11) is 0. The first kappa shape index (κ1) is 11.0. The van der Waals surface area contributed by atoms with Crippen LogP contribution in [-0.2, 0) is 9.47 Å². The molecule has 0 amide bonds. The van der Waals surface area contributed by atoms with E-state index in [1.807, 2.05) is 6.92 Å². The van der Waals surface area contributed by atoms with Gasteiger partial charge < -0.3 is 9.47 Å². The number of ether oxygens (including phenoxy) is 2. The fourth-order valence-electron chi connectivity index (χ4n) is 0.654. The Morgan fingerprint density at radius 1 is 1.33 bits per heavy atom. The Morgan fingerprint density at radius 2 is 2.08 bits per heavy atom. The molecule has 2 nitrogen and oxygen atoms in total. The monoisotopic (exact) mass is 168 g/mol. The molecule has 0 aromatic rings. The van der Waals surface area contributed by atoms with Crippen molar-refractivity contribution in [3.05, 3.63) is 37.1 Å². The molecule has 0 aromatic heterocycles. The molecule has 0 saturated heterocycles. The Bertz CT molecular complexity index is 159. The molecule has 0 bridgehead atoms. The van der Waals surface area contributed by atoms with Crippen molar-refractivity contribution in [3.8, 4) is 0 Å². The summed E-state index contributed by atoms with van der Waals surface area (Å²) in [6, 6.07) is 0. The van der Waals surface area contributed by atoms with Gasteiger partial charge in [0.05, 0.1) is 6.61 Å². The zero-order valence-electron chi connectivity index (χ0n) is 7.58. The molecule has 0 aliphatic carbocycles. The third kappa shape index (κ3) is 5.74. The normalized spacial score (nSPS) is 10.9. The summed E-state index contributed by atoms with van der Waals surface area (Å²) in [5.74, 6) is 0.727. The van der Waals surface area contributed by atoms with Gasteiger partial charge in [-0.2, -0.15) is 0 Å². The van der Waals surface area contributed by atoms with E-state index in [0.717, 1.165) is 12.4 Å². The van der Waals surface area contributed by atoms with Gasteiger partial charge in [-0.1, -0.05) is 19.2 Å². The van der Waals surface area contributed by atoms with Gasteiger partial charge in [-0.15, -0.1) is 0 Å². The van der Waals surface area contributed by atoms with Gasteiger partial charge in [0.25, 0.3) is 0 Å². The topological polar surface area (TPSA) is 18.5 Å². The van der Waals surface area contributed by atoms with Crippen molar-refractivity contribution in [1.29, 1.82) is 0 Å². The van der Waals surface area contributed by atoms with E-state index in [-0.39, 0.29) is 0 Å². The van der Waals surface area contributed by atoms with E-state index >= 15 is 0 Å². The second-order valence-electron chi connectivity index (χ2n) is 2.05. The number of allylic oxidation sites excluding steroid dienone is 3. The first-order valence-corrected chi connectivity index (χ1v) is 4.00. The van der Waals surface area contributed by atoms with Gasteiger partial charge in [-0.05, 0) is 19.1 Å². The van der Waals surface area contributed by atoms with Crippen LogP contribution in [-0.4, -0.2) is 19.8 Å². The Kier molecular flexibility index (Phi) is 7.39. The van der Waals surface area contributed by atoms with Crippen LogP contribution in [0.15, 0.2) is 37.1 Å². The molecular weight excluding hydrogens is 152 g/mol. The van der Waals surface area contributed by atoms with E-state index in [2.05, 4.69) is 13.2 Å². The lowest BCUT2D eigenvalue weighted by atomic mass is 10.4. The minimum absolute atomic E-state index is 0.555. The van der Waals surface area contributed by atoms with Crippen molar-refractivity contribution in [2.45, 2.75) is 6.92 Å². The average molecular weight is 168 g/mol. The first-order valence-electron chi connectivity index (χ1n) is 4.00. The van der Waals surface area contributed by atoms with E-state index in [0.29, 0.717) is 13.2 Å². The summed E-state index contributed by atoms with van der Waals surface area (Å²) in [6.45, 7) is 11.0. The van der Waals surface area contributed by atoms with Gasteiger partial charge in [-0.25, -0.2) is 0 Å². The maximum absolute atomic E-state index is 5.28. The van der Waals surface area contributed by atoms with Crippen LogP contribution in [0.4, 0.5) is 0 Å². The molecule has 0 aliphatic heterocycles. The third-order valence-electron chi connectivity index (χ3n) is 1.18. The van der Waals surface area contributed by atoms with Crippen molar-refractivity contribution in [2.75, 3.05) is 19.8 Å². The molecule has 0 aromatic carbocycles. The van der Waals surface area contributed by atoms with Crippen LogP contribution in [0.3, 0.4) is 0 Å². The Morgan fingerprint density at radius 3 is 2.58 bits per heavy atom. The van der Waals surface area contributed by atoms with E-state index < -0.39 is 0 Å². The smallest absolute Gasteiger partial charge is 0.118 e. The van der Waals surface area contributed by atoms with Gasteiger partial charge >= 0.3 is 0 Å². The van der Waals surface area contributed by atoms with Crippen molar-refractivity contribution >= 4 is 0 Å². The summed E-state index contributed by atoms with van der Waals surface area (Å²) in [4.78, 5) is 0. The molecule has 0 saturated carbocycles. The van der Waals surface area contributed by atoms with Crippen molar-refractivity contribution in [2.24, 2.45) is 0 Å². The van der Waals surface area contributed by atoms with Crippen LogP contribution in [0, 0.1) is 0 Å². The van der Waals surface area contributed by atoms with Crippen molar-refractivity contribution in [1.82, 2.24) is 0 Å². The fraction of sp³-hybridized carbons (Fsp3) is 0.400. The molecule has 0 atom stereocenters. The largest absolute Gasteiger partial charge is 0.491 e. The van der Waals surface area contributed by atoms with Gasteiger partial charge in [0.15, 0.2) is 0 Å². The Balaban J connectivity index is 3.51. The maximum Gasteiger partial charge on any atom is 0.118 e. The van der Waals surface area contributed by atoms with Gasteiger partial charge in [0.2, 0.25) is 0 Å². The zero-order valence-corrected chi connectivity index (χ0v) is 7.58. The predicted octanol–water partition coefficient (Wildman–Crippen LogP) is 2.30. The van der Waals surface area contributed by atoms with Crippen LogP contribution in [0.1, 0.15) is 6.92 Å². The Hall–Kier alpha value is -1.02. The molecular formula is C10H16O2. The van der Waals surface area contributed by atoms with Crippen LogP contribution in [0.2, 0.25) is 0 Å². The minimum Gasteiger partial charge on any atom is -0.491 e. The fourth-order valence-corrected chi connectivity index (χ4v) is 0.654. The molecule has 2 heteroatoms. The predicted molar refractivity (Wildman–Crippen MR) is 50.9 cm³/mol. The molecule has 0 aliphatic rings. The quantitative estimate of drug-likeness (QED) is 0.330.